The lowest BCUT2D eigenvalue weighted by Gasteiger charge is -2.32. The summed E-state index contributed by atoms with van der Waals surface area (Å²) in [7, 11) is 0. The number of hydrazine groups is 1. The summed E-state index contributed by atoms with van der Waals surface area (Å²) in [5.41, 5.74) is 0. The van der Waals surface area contributed by atoms with Gasteiger partial charge in [0.15, 0.2) is 6.19 Å². The molecule has 1 heterocycles. The molecule has 4 heteroatoms. The standard InChI is InChI=1S/C7H13N3O/c1-2-9(7-8)10-3-5-11-6-4-10/h2-6H2,1H3. The summed E-state index contributed by atoms with van der Waals surface area (Å²) in [5, 5.41) is 12.4. The monoisotopic (exact) mass is 155 g/mol. The molecule has 0 saturated carbocycles. The van der Waals surface area contributed by atoms with E-state index in [4.69, 9.17) is 10.00 Å². The molecule has 0 radical (unpaired) electrons. The summed E-state index contributed by atoms with van der Waals surface area (Å²) in [6.45, 7) is 5.86. The van der Waals surface area contributed by atoms with Gasteiger partial charge in [0.2, 0.25) is 0 Å². The molecule has 1 saturated heterocycles. The Morgan fingerprint density at radius 1 is 1.55 bits per heavy atom. The number of nitrogens with zero attached hydrogens (tertiary/aromatic N) is 3. The Kier molecular flexibility index (Phi) is 3.14. The highest BCUT2D eigenvalue weighted by atomic mass is 16.5. The van der Waals surface area contributed by atoms with Gasteiger partial charge in [0.25, 0.3) is 0 Å². The van der Waals surface area contributed by atoms with E-state index in [-0.39, 0.29) is 0 Å². The highest BCUT2D eigenvalue weighted by Gasteiger charge is 2.14. The van der Waals surface area contributed by atoms with Gasteiger partial charge in [0, 0.05) is 19.6 Å². The first-order valence-electron chi connectivity index (χ1n) is 3.88. The van der Waals surface area contributed by atoms with E-state index in [9.17, 15) is 0 Å². The molecule has 4 nitrogen and oxygen atoms in total. The summed E-state index contributed by atoms with van der Waals surface area (Å²) < 4.78 is 5.16. The molecule has 0 aromatic heterocycles. The van der Waals surface area contributed by atoms with Gasteiger partial charge in [0.05, 0.1) is 13.2 Å². The molecule has 0 spiro atoms. The molecule has 0 aromatic carbocycles. The van der Waals surface area contributed by atoms with E-state index in [2.05, 4.69) is 6.19 Å². The third-order valence-corrected chi connectivity index (χ3v) is 1.74. The lowest BCUT2D eigenvalue weighted by Crippen LogP contribution is -2.46. The minimum atomic E-state index is 0.734. The first-order chi connectivity index (χ1) is 5.38. The lowest BCUT2D eigenvalue weighted by molar-refractivity contribution is -0.0554. The number of hydrogen-bond acceptors (Lipinski definition) is 4. The minimum Gasteiger partial charge on any atom is -0.379 e. The maximum Gasteiger partial charge on any atom is 0.195 e. The highest BCUT2D eigenvalue weighted by Crippen LogP contribution is 2.00. The third-order valence-electron chi connectivity index (χ3n) is 1.74. The Balaban J connectivity index is 2.38. The summed E-state index contributed by atoms with van der Waals surface area (Å²) >= 11 is 0. The molecule has 11 heavy (non-hydrogen) atoms. The average Bonchev–Trinajstić information content (AvgIpc) is 2.09. The number of nitriles is 1. The molecule has 0 unspecified atom stereocenters. The van der Waals surface area contributed by atoms with Gasteiger partial charge in [-0.15, -0.1) is 0 Å². The molecule has 0 aromatic rings. The van der Waals surface area contributed by atoms with Crippen LogP contribution in [0.1, 0.15) is 6.92 Å². The van der Waals surface area contributed by atoms with Crippen molar-refractivity contribution in [2.24, 2.45) is 0 Å². The number of morpholine rings is 1. The van der Waals surface area contributed by atoms with E-state index in [1.807, 2.05) is 11.9 Å². The van der Waals surface area contributed by atoms with E-state index in [0.29, 0.717) is 0 Å². The van der Waals surface area contributed by atoms with Gasteiger partial charge in [0.1, 0.15) is 0 Å². The van der Waals surface area contributed by atoms with Crippen molar-refractivity contribution in [2.45, 2.75) is 6.92 Å². The number of hydrogen-bond donors (Lipinski definition) is 0. The van der Waals surface area contributed by atoms with Crippen LogP contribution in [0.3, 0.4) is 0 Å². The van der Waals surface area contributed by atoms with Crippen LogP contribution < -0.4 is 0 Å². The molecule has 1 fully saturated rings. The van der Waals surface area contributed by atoms with Crippen LogP contribution in [-0.2, 0) is 4.74 Å². The van der Waals surface area contributed by atoms with Crippen molar-refractivity contribution >= 4 is 0 Å². The zero-order valence-electron chi connectivity index (χ0n) is 6.79. The van der Waals surface area contributed by atoms with Crippen molar-refractivity contribution in [1.82, 2.24) is 10.0 Å². The highest BCUT2D eigenvalue weighted by molar-refractivity contribution is 4.71. The van der Waals surface area contributed by atoms with E-state index in [1.54, 1.807) is 5.01 Å². The van der Waals surface area contributed by atoms with Gasteiger partial charge >= 0.3 is 0 Å². The van der Waals surface area contributed by atoms with Crippen LogP contribution in [0.15, 0.2) is 0 Å². The van der Waals surface area contributed by atoms with Crippen LogP contribution in [0.25, 0.3) is 0 Å². The normalized spacial score (nSPS) is 19.3. The molecule has 0 aliphatic carbocycles. The van der Waals surface area contributed by atoms with Gasteiger partial charge in [-0.3, -0.25) is 0 Å². The van der Waals surface area contributed by atoms with E-state index < -0.39 is 0 Å². The fourth-order valence-electron chi connectivity index (χ4n) is 1.13. The molecule has 1 aliphatic rings. The average molecular weight is 155 g/mol. The van der Waals surface area contributed by atoms with Crippen molar-refractivity contribution < 1.29 is 4.74 Å². The lowest BCUT2D eigenvalue weighted by atomic mass is 10.5. The maximum absolute atomic E-state index is 8.67. The maximum atomic E-state index is 8.67. The second-order valence-corrected chi connectivity index (χ2v) is 2.38. The van der Waals surface area contributed by atoms with Crippen LogP contribution in [0, 0.1) is 11.5 Å². The van der Waals surface area contributed by atoms with Crippen molar-refractivity contribution in [1.29, 1.82) is 5.26 Å². The molecule has 1 rings (SSSR count). The summed E-state index contributed by atoms with van der Waals surface area (Å²) in [6, 6.07) is 0. The SMILES string of the molecule is CCN(C#N)N1CCOCC1. The smallest absolute Gasteiger partial charge is 0.195 e. The van der Waals surface area contributed by atoms with Crippen molar-refractivity contribution in [3.8, 4) is 6.19 Å². The van der Waals surface area contributed by atoms with Crippen LogP contribution in [0.4, 0.5) is 0 Å². The summed E-state index contributed by atoms with van der Waals surface area (Å²) in [4.78, 5) is 0. The second kappa shape index (κ2) is 4.16. The Labute approximate surface area is 66.9 Å². The quantitative estimate of drug-likeness (QED) is 0.417. The molecule has 0 amide bonds. The Morgan fingerprint density at radius 2 is 2.18 bits per heavy atom. The van der Waals surface area contributed by atoms with Crippen molar-refractivity contribution in [2.75, 3.05) is 32.8 Å². The zero-order valence-corrected chi connectivity index (χ0v) is 6.79. The van der Waals surface area contributed by atoms with Gasteiger partial charge < -0.3 is 4.74 Å². The summed E-state index contributed by atoms with van der Waals surface area (Å²) in [5.74, 6) is 0. The van der Waals surface area contributed by atoms with Crippen LogP contribution in [0.5, 0.6) is 0 Å². The molecule has 0 bridgehead atoms. The molecule has 0 atom stereocenters. The first kappa shape index (κ1) is 8.31. The van der Waals surface area contributed by atoms with Gasteiger partial charge in [-0.05, 0) is 6.92 Å². The number of rotatable bonds is 2. The van der Waals surface area contributed by atoms with Gasteiger partial charge in [-0.25, -0.2) is 10.0 Å². The Morgan fingerprint density at radius 3 is 2.64 bits per heavy atom. The molecule has 0 N–H and O–H groups in total. The predicted molar refractivity (Wildman–Crippen MR) is 40.4 cm³/mol. The Hall–Kier alpha value is -0.790. The van der Waals surface area contributed by atoms with E-state index >= 15 is 0 Å². The van der Waals surface area contributed by atoms with E-state index in [1.165, 1.54) is 0 Å². The molecular formula is C7H13N3O. The fourth-order valence-corrected chi connectivity index (χ4v) is 1.13. The summed E-state index contributed by atoms with van der Waals surface area (Å²) in [6.07, 6.45) is 2.13. The number of ether oxygens (including phenoxy) is 1. The van der Waals surface area contributed by atoms with Crippen LogP contribution in [0.2, 0.25) is 0 Å². The molecule has 1 aliphatic heterocycles. The Bertz CT molecular complexity index is 148. The van der Waals surface area contributed by atoms with Crippen molar-refractivity contribution in [3.05, 3.63) is 0 Å². The van der Waals surface area contributed by atoms with Crippen molar-refractivity contribution in [3.63, 3.8) is 0 Å². The largest absolute Gasteiger partial charge is 0.379 e. The van der Waals surface area contributed by atoms with Gasteiger partial charge in [-0.1, -0.05) is 0 Å². The third kappa shape index (κ3) is 2.07. The molecule has 62 valence electrons. The van der Waals surface area contributed by atoms with Crippen LogP contribution in [-0.4, -0.2) is 42.9 Å². The zero-order chi connectivity index (χ0) is 8.10. The second-order valence-electron chi connectivity index (χ2n) is 2.38. The topological polar surface area (TPSA) is 39.5 Å². The van der Waals surface area contributed by atoms with Gasteiger partial charge in [-0.2, -0.15) is 5.26 Å². The fraction of sp³-hybridized carbons (Fsp3) is 0.857. The van der Waals surface area contributed by atoms with E-state index in [0.717, 1.165) is 32.8 Å². The minimum absolute atomic E-state index is 0.734. The van der Waals surface area contributed by atoms with Crippen LogP contribution >= 0.6 is 0 Å². The first-order valence-corrected chi connectivity index (χ1v) is 3.88. The predicted octanol–water partition coefficient (Wildman–Crippen LogP) is 0.0366. The molecular weight excluding hydrogens is 142 g/mol.